The van der Waals surface area contributed by atoms with Gasteiger partial charge in [-0.05, 0) is 40.2 Å². The van der Waals surface area contributed by atoms with Gasteiger partial charge in [-0.15, -0.1) is 0 Å². The van der Waals surface area contributed by atoms with Crippen LogP contribution in [-0.2, 0) is 10.0 Å². The lowest BCUT2D eigenvalue weighted by Gasteiger charge is -2.13. The van der Waals surface area contributed by atoms with E-state index in [1.807, 2.05) is 0 Å². The minimum absolute atomic E-state index is 0.0156. The van der Waals surface area contributed by atoms with E-state index in [1.165, 1.54) is 18.2 Å². The molecule has 9 heteroatoms. The van der Waals surface area contributed by atoms with Gasteiger partial charge in [-0.3, -0.25) is 4.72 Å². The van der Waals surface area contributed by atoms with Gasteiger partial charge in [-0.1, -0.05) is 40.9 Å². The molecule has 21 heavy (non-hydrogen) atoms. The summed E-state index contributed by atoms with van der Waals surface area (Å²) in [6.07, 6.45) is 0. The van der Waals surface area contributed by atoms with E-state index in [0.717, 1.165) is 0 Å². The predicted molar refractivity (Wildman–Crippen MR) is 90.8 cm³/mol. The van der Waals surface area contributed by atoms with Crippen LogP contribution < -0.4 is 10.5 Å². The zero-order valence-corrected chi connectivity index (χ0v) is 14.9. The van der Waals surface area contributed by atoms with Gasteiger partial charge >= 0.3 is 0 Å². The van der Waals surface area contributed by atoms with E-state index < -0.39 is 10.0 Å². The first kappa shape index (κ1) is 16.7. The summed E-state index contributed by atoms with van der Waals surface area (Å²) in [6, 6.07) is 7.48. The molecule has 2 aromatic carbocycles. The fourth-order valence-electron chi connectivity index (χ4n) is 1.61. The average Bonchev–Trinajstić information content (AvgIpc) is 2.39. The summed E-state index contributed by atoms with van der Waals surface area (Å²) in [4.78, 5) is -0.207. The van der Waals surface area contributed by atoms with Crippen LogP contribution >= 0.6 is 50.7 Å². The molecule has 0 atom stereocenters. The van der Waals surface area contributed by atoms with Gasteiger partial charge in [0, 0.05) is 4.47 Å². The van der Waals surface area contributed by atoms with Crippen molar-refractivity contribution in [3.63, 3.8) is 0 Å². The first-order valence-electron chi connectivity index (χ1n) is 5.44. The summed E-state index contributed by atoms with van der Waals surface area (Å²) in [7, 11) is -3.99. The Morgan fingerprint density at radius 2 is 1.71 bits per heavy atom. The highest BCUT2D eigenvalue weighted by atomic mass is 79.9. The van der Waals surface area contributed by atoms with Crippen LogP contribution in [0.25, 0.3) is 0 Å². The Hall–Kier alpha value is -0.660. The summed E-state index contributed by atoms with van der Waals surface area (Å²) in [5.41, 5.74) is 5.85. The second-order valence-electron chi connectivity index (χ2n) is 3.99. The van der Waals surface area contributed by atoms with Gasteiger partial charge in [0.25, 0.3) is 10.0 Å². The zero-order chi connectivity index (χ0) is 15.8. The van der Waals surface area contributed by atoms with Crippen molar-refractivity contribution in [1.82, 2.24) is 0 Å². The van der Waals surface area contributed by atoms with Crippen LogP contribution in [0, 0.1) is 0 Å². The van der Waals surface area contributed by atoms with Crippen LogP contribution in [0.4, 0.5) is 11.4 Å². The Kier molecular flexibility index (Phi) is 4.95. The Balaban J connectivity index is 2.51. The molecule has 0 saturated carbocycles. The molecule has 0 bridgehead atoms. The summed E-state index contributed by atoms with van der Waals surface area (Å²) >= 11 is 21.1. The number of sulfonamides is 1. The number of hydrogen-bond acceptors (Lipinski definition) is 3. The number of nitrogen functional groups attached to an aromatic ring is 1. The number of nitrogens with two attached hydrogens (primary N) is 1. The van der Waals surface area contributed by atoms with Crippen LogP contribution in [0.5, 0.6) is 0 Å². The molecule has 0 aliphatic rings. The number of halogens is 4. The number of anilines is 2. The largest absolute Gasteiger partial charge is 0.398 e. The minimum Gasteiger partial charge on any atom is -0.398 e. The lowest BCUT2D eigenvalue weighted by Crippen LogP contribution is -2.15. The molecule has 0 aliphatic carbocycles. The summed E-state index contributed by atoms with van der Waals surface area (Å²) in [5, 5.41) is 0.283. The van der Waals surface area contributed by atoms with Crippen LogP contribution in [0.1, 0.15) is 0 Å². The predicted octanol–water partition coefficient (Wildman–Crippen LogP) is 4.79. The molecule has 2 rings (SSSR count). The van der Waals surface area contributed by atoms with Gasteiger partial charge in [-0.25, -0.2) is 8.42 Å². The summed E-state index contributed by atoms with van der Waals surface area (Å²) in [6.45, 7) is 0. The molecule has 2 aromatic rings. The third-order valence-electron chi connectivity index (χ3n) is 2.55. The number of nitrogens with one attached hydrogen (secondary N) is 1. The van der Waals surface area contributed by atoms with Crippen molar-refractivity contribution < 1.29 is 8.42 Å². The smallest absolute Gasteiger partial charge is 0.265 e. The second-order valence-corrected chi connectivity index (χ2v) is 7.62. The SMILES string of the molecule is Nc1cccc(Cl)c1S(=O)(=O)Nc1ccc(Br)c(Cl)c1Cl. The molecule has 0 amide bonds. The van der Waals surface area contributed by atoms with Gasteiger partial charge in [-0.2, -0.15) is 0 Å². The van der Waals surface area contributed by atoms with E-state index in [0.29, 0.717) is 4.47 Å². The monoisotopic (exact) mass is 428 g/mol. The van der Waals surface area contributed by atoms with Gasteiger partial charge in [0.05, 0.1) is 26.4 Å². The second kappa shape index (κ2) is 6.22. The van der Waals surface area contributed by atoms with Crippen LogP contribution in [0.3, 0.4) is 0 Å². The molecule has 112 valence electrons. The van der Waals surface area contributed by atoms with Crippen molar-refractivity contribution in [1.29, 1.82) is 0 Å². The summed E-state index contributed by atoms with van der Waals surface area (Å²) < 4.78 is 27.7. The molecule has 4 nitrogen and oxygen atoms in total. The molecule has 0 heterocycles. The number of rotatable bonds is 3. The van der Waals surface area contributed by atoms with Crippen LogP contribution in [0.2, 0.25) is 15.1 Å². The molecule has 0 radical (unpaired) electrons. The van der Waals surface area contributed by atoms with Gasteiger partial charge in [0.2, 0.25) is 0 Å². The minimum atomic E-state index is -3.99. The normalized spacial score (nSPS) is 11.4. The maximum atomic E-state index is 12.4. The van der Waals surface area contributed by atoms with E-state index in [1.54, 1.807) is 12.1 Å². The first-order valence-corrected chi connectivity index (χ1v) is 8.85. The zero-order valence-electron chi connectivity index (χ0n) is 10.2. The van der Waals surface area contributed by atoms with Crippen LogP contribution in [0.15, 0.2) is 39.7 Å². The van der Waals surface area contributed by atoms with Crippen molar-refractivity contribution in [3.05, 3.63) is 49.9 Å². The molecule has 0 fully saturated rings. The van der Waals surface area contributed by atoms with Crippen molar-refractivity contribution >= 4 is 72.1 Å². The van der Waals surface area contributed by atoms with Crippen molar-refractivity contribution in [2.75, 3.05) is 10.5 Å². The quantitative estimate of drug-likeness (QED) is 0.543. The van der Waals surface area contributed by atoms with Crippen molar-refractivity contribution in [3.8, 4) is 0 Å². The van der Waals surface area contributed by atoms with E-state index in [9.17, 15) is 8.42 Å². The van der Waals surface area contributed by atoms with E-state index in [4.69, 9.17) is 40.5 Å². The van der Waals surface area contributed by atoms with Gasteiger partial charge in [0.15, 0.2) is 0 Å². The van der Waals surface area contributed by atoms with Crippen LogP contribution in [-0.4, -0.2) is 8.42 Å². The Morgan fingerprint density at radius 1 is 1.05 bits per heavy atom. The average molecular weight is 431 g/mol. The molecule has 0 unspecified atom stereocenters. The molecule has 0 aliphatic heterocycles. The van der Waals surface area contributed by atoms with E-state index >= 15 is 0 Å². The molecule has 0 spiro atoms. The van der Waals surface area contributed by atoms with E-state index in [2.05, 4.69) is 20.7 Å². The van der Waals surface area contributed by atoms with Gasteiger partial charge in [0.1, 0.15) is 4.90 Å². The standard InChI is InChI=1S/C12H8BrCl3N2O2S/c13-6-4-5-9(11(16)10(6)15)18-21(19,20)12-7(14)2-1-3-8(12)17/h1-5,18H,17H2. The Bertz CT molecular complexity index is 792. The molecular weight excluding hydrogens is 422 g/mol. The molecule has 3 N–H and O–H groups in total. The molecule has 0 saturated heterocycles. The Morgan fingerprint density at radius 3 is 2.33 bits per heavy atom. The number of benzene rings is 2. The van der Waals surface area contributed by atoms with E-state index in [-0.39, 0.29) is 31.3 Å². The lowest BCUT2D eigenvalue weighted by atomic mass is 10.3. The fraction of sp³-hybridized carbons (Fsp3) is 0. The molecule has 0 aromatic heterocycles. The Labute approximate surface area is 145 Å². The first-order chi connectivity index (χ1) is 9.74. The van der Waals surface area contributed by atoms with Crippen molar-refractivity contribution in [2.45, 2.75) is 4.90 Å². The maximum absolute atomic E-state index is 12.4. The third kappa shape index (κ3) is 3.40. The van der Waals surface area contributed by atoms with Crippen molar-refractivity contribution in [2.24, 2.45) is 0 Å². The molecular formula is C12H8BrCl3N2O2S. The summed E-state index contributed by atoms with van der Waals surface area (Å²) in [5.74, 6) is 0. The third-order valence-corrected chi connectivity index (χ3v) is 6.23. The maximum Gasteiger partial charge on any atom is 0.265 e. The van der Waals surface area contributed by atoms with Gasteiger partial charge < -0.3 is 5.73 Å². The lowest BCUT2D eigenvalue weighted by molar-refractivity contribution is 0.601. The highest BCUT2D eigenvalue weighted by molar-refractivity contribution is 9.10. The highest BCUT2D eigenvalue weighted by Gasteiger charge is 2.23. The highest BCUT2D eigenvalue weighted by Crippen LogP contribution is 2.37. The topological polar surface area (TPSA) is 72.2 Å². The number of hydrogen-bond donors (Lipinski definition) is 2. The fourth-order valence-corrected chi connectivity index (χ4v) is 4.24.